The lowest BCUT2D eigenvalue weighted by atomic mass is 10.0. The van der Waals surface area contributed by atoms with E-state index in [-0.39, 0.29) is 6.04 Å². The summed E-state index contributed by atoms with van der Waals surface area (Å²) in [7, 11) is 3.57. The molecule has 0 aliphatic carbocycles. The molecule has 0 aliphatic heterocycles. The van der Waals surface area contributed by atoms with Crippen LogP contribution in [-0.2, 0) is 0 Å². The predicted octanol–water partition coefficient (Wildman–Crippen LogP) is 2.50. The van der Waals surface area contributed by atoms with E-state index in [0.717, 1.165) is 11.3 Å². The molecule has 78 valence electrons. The summed E-state index contributed by atoms with van der Waals surface area (Å²) in [6.07, 6.45) is 0. The van der Waals surface area contributed by atoms with Crippen LogP contribution >= 0.6 is 11.6 Å². The largest absolute Gasteiger partial charge is 0.496 e. The quantitative estimate of drug-likeness (QED) is 0.777. The van der Waals surface area contributed by atoms with Crippen LogP contribution in [0.5, 0.6) is 5.75 Å². The van der Waals surface area contributed by atoms with Crippen LogP contribution in [0.15, 0.2) is 18.2 Å². The first kappa shape index (κ1) is 11.3. The number of alkyl halides is 1. The molecule has 1 N–H and O–H groups in total. The van der Waals surface area contributed by atoms with Crippen molar-refractivity contribution in [2.75, 3.05) is 20.0 Å². The maximum Gasteiger partial charge on any atom is 0.123 e. The van der Waals surface area contributed by atoms with Crippen LogP contribution in [0, 0.1) is 6.92 Å². The van der Waals surface area contributed by atoms with Crippen molar-refractivity contribution in [3.8, 4) is 5.75 Å². The zero-order chi connectivity index (χ0) is 10.6. The Bertz CT molecular complexity index is 297. The molecule has 0 fully saturated rings. The lowest BCUT2D eigenvalue weighted by Gasteiger charge is -2.17. The maximum absolute atomic E-state index is 5.87. The summed E-state index contributed by atoms with van der Waals surface area (Å²) < 4.78 is 5.29. The third kappa shape index (κ3) is 2.40. The van der Waals surface area contributed by atoms with Gasteiger partial charge in [0, 0.05) is 17.5 Å². The van der Waals surface area contributed by atoms with Gasteiger partial charge >= 0.3 is 0 Å². The van der Waals surface area contributed by atoms with Gasteiger partial charge in [0.05, 0.1) is 7.11 Å². The highest BCUT2D eigenvalue weighted by Crippen LogP contribution is 2.26. The van der Waals surface area contributed by atoms with Crippen molar-refractivity contribution >= 4 is 11.6 Å². The van der Waals surface area contributed by atoms with E-state index in [0.29, 0.717) is 5.88 Å². The van der Waals surface area contributed by atoms with Gasteiger partial charge in [0.15, 0.2) is 0 Å². The minimum atomic E-state index is 0.145. The van der Waals surface area contributed by atoms with Gasteiger partial charge in [0.25, 0.3) is 0 Å². The van der Waals surface area contributed by atoms with Crippen LogP contribution in [-0.4, -0.2) is 20.0 Å². The Morgan fingerprint density at radius 2 is 2.21 bits per heavy atom. The van der Waals surface area contributed by atoms with Gasteiger partial charge in [0.1, 0.15) is 5.75 Å². The third-order valence-corrected chi connectivity index (χ3v) is 2.57. The molecule has 0 amide bonds. The van der Waals surface area contributed by atoms with Crippen LogP contribution in [0.25, 0.3) is 0 Å². The monoisotopic (exact) mass is 213 g/mol. The van der Waals surface area contributed by atoms with Gasteiger partial charge in [-0.3, -0.25) is 0 Å². The molecule has 0 aromatic heterocycles. The molecular weight excluding hydrogens is 198 g/mol. The number of nitrogens with one attached hydrogen (secondary N) is 1. The highest BCUT2D eigenvalue weighted by molar-refractivity contribution is 6.18. The number of hydrogen-bond donors (Lipinski definition) is 1. The van der Waals surface area contributed by atoms with Gasteiger partial charge in [-0.25, -0.2) is 0 Å². The number of halogens is 1. The zero-order valence-corrected chi connectivity index (χ0v) is 9.56. The maximum atomic E-state index is 5.87. The van der Waals surface area contributed by atoms with E-state index in [1.165, 1.54) is 5.56 Å². The Morgan fingerprint density at radius 1 is 1.50 bits per heavy atom. The average molecular weight is 214 g/mol. The van der Waals surface area contributed by atoms with Gasteiger partial charge in [-0.15, -0.1) is 11.6 Å². The van der Waals surface area contributed by atoms with E-state index < -0.39 is 0 Å². The molecule has 0 bridgehead atoms. The van der Waals surface area contributed by atoms with E-state index >= 15 is 0 Å². The van der Waals surface area contributed by atoms with Crippen molar-refractivity contribution in [3.05, 3.63) is 29.3 Å². The van der Waals surface area contributed by atoms with Crippen molar-refractivity contribution < 1.29 is 4.74 Å². The molecule has 1 aromatic carbocycles. The van der Waals surface area contributed by atoms with Crippen LogP contribution in [0.4, 0.5) is 0 Å². The Hall–Kier alpha value is -0.730. The molecule has 0 saturated carbocycles. The summed E-state index contributed by atoms with van der Waals surface area (Å²) in [6, 6.07) is 6.25. The minimum Gasteiger partial charge on any atom is -0.496 e. The second-order valence-electron chi connectivity index (χ2n) is 3.24. The van der Waals surface area contributed by atoms with Crippen LogP contribution in [0.1, 0.15) is 17.2 Å². The van der Waals surface area contributed by atoms with E-state index in [1.807, 2.05) is 19.2 Å². The number of methoxy groups -OCH3 is 1. The molecule has 0 radical (unpaired) electrons. The van der Waals surface area contributed by atoms with Crippen molar-refractivity contribution in [1.82, 2.24) is 5.32 Å². The van der Waals surface area contributed by atoms with E-state index in [9.17, 15) is 0 Å². The van der Waals surface area contributed by atoms with Gasteiger partial charge in [0.2, 0.25) is 0 Å². The van der Waals surface area contributed by atoms with Crippen LogP contribution in [0.3, 0.4) is 0 Å². The number of aryl methyl sites for hydroxylation is 1. The Labute approximate surface area is 90.2 Å². The fraction of sp³-hybridized carbons (Fsp3) is 0.455. The molecule has 0 saturated heterocycles. The summed E-state index contributed by atoms with van der Waals surface area (Å²) in [6.45, 7) is 2.06. The standard InChI is InChI=1S/C11H16ClNO/c1-8-4-5-11(14-3)9(6-8)10(7-12)13-2/h4-6,10,13H,7H2,1-3H3. The average Bonchev–Trinajstić information content (AvgIpc) is 2.20. The van der Waals surface area contributed by atoms with Gasteiger partial charge in [-0.1, -0.05) is 17.7 Å². The van der Waals surface area contributed by atoms with Gasteiger partial charge in [-0.2, -0.15) is 0 Å². The minimum absolute atomic E-state index is 0.145. The van der Waals surface area contributed by atoms with Crippen molar-refractivity contribution in [3.63, 3.8) is 0 Å². The Morgan fingerprint density at radius 3 is 2.71 bits per heavy atom. The number of ether oxygens (including phenoxy) is 1. The fourth-order valence-corrected chi connectivity index (χ4v) is 1.76. The Kier molecular flexibility index (Phi) is 4.23. The van der Waals surface area contributed by atoms with Crippen LogP contribution in [0.2, 0.25) is 0 Å². The molecule has 0 aliphatic rings. The third-order valence-electron chi connectivity index (χ3n) is 2.26. The molecule has 1 unspecified atom stereocenters. The summed E-state index contributed by atoms with van der Waals surface area (Å²) >= 11 is 5.87. The molecule has 0 spiro atoms. The molecule has 1 rings (SSSR count). The first-order valence-electron chi connectivity index (χ1n) is 4.60. The summed E-state index contributed by atoms with van der Waals surface area (Å²) in [5, 5.41) is 3.16. The fourth-order valence-electron chi connectivity index (χ4n) is 1.44. The summed E-state index contributed by atoms with van der Waals surface area (Å²) in [5.74, 6) is 1.42. The second kappa shape index (κ2) is 5.23. The summed E-state index contributed by atoms with van der Waals surface area (Å²) in [4.78, 5) is 0. The zero-order valence-electron chi connectivity index (χ0n) is 8.80. The number of hydrogen-bond acceptors (Lipinski definition) is 2. The first-order chi connectivity index (χ1) is 6.72. The highest BCUT2D eigenvalue weighted by Gasteiger charge is 2.12. The lowest BCUT2D eigenvalue weighted by Crippen LogP contribution is -2.18. The van der Waals surface area contributed by atoms with E-state index in [2.05, 4.69) is 18.3 Å². The predicted molar refractivity (Wildman–Crippen MR) is 60.3 cm³/mol. The molecule has 1 atom stereocenters. The highest BCUT2D eigenvalue weighted by atomic mass is 35.5. The van der Waals surface area contributed by atoms with E-state index in [1.54, 1.807) is 7.11 Å². The molecule has 2 nitrogen and oxygen atoms in total. The molecular formula is C11H16ClNO. The Balaban J connectivity index is 3.08. The second-order valence-corrected chi connectivity index (χ2v) is 3.55. The van der Waals surface area contributed by atoms with Gasteiger partial charge < -0.3 is 10.1 Å². The number of rotatable bonds is 4. The van der Waals surface area contributed by atoms with Crippen molar-refractivity contribution in [2.24, 2.45) is 0 Å². The van der Waals surface area contributed by atoms with E-state index in [4.69, 9.17) is 16.3 Å². The van der Waals surface area contributed by atoms with Gasteiger partial charge in [-0.05, 0) is 20.0 Å². The number of benzene rings is 1. The first-order valence-corrected chi connectivity index (χ1v) is 5.14. The lowest BCUT2D eigenvalue weighted by molar-refractivity contribution is 0.404. The molecule has 14 heavy (non-hydrogen) atoms. The van der Waals surface area contributed by atoms with Crippen LogP contribution < -0.4 is 10.1 Å². The topological polar surface area (TPSA) is 21.3 Å². The summed E-state index contributed by atoms with van der Waals surface area (Å²) in [5.41, 5.74) is 2.33. The van der Waals surface area contributed by atoms with Crippen molar-refractivity contribution in [2.45, 2.75) is 13.0 Å². The molecule has 3 heteroatoms. The smallest absolute Gasteiger partial charge is 0.123 e. The SMILES string of the molecule is CNC(CCl)c1cc(C)ccc1OC. The molecule has 1 aromatic rings. The normalized spacial score (nSPS) is 12.6. The van der Waals surface area contributed by atoms with Crippen molar-refractivity contribution in [1.29, 1.82) is 0 Å². The molecule has 0 heterocycles.